The van der Waals surface area contributed by atoms with Crippen LogP contribution >= 0.6 is 0 Å². The third kappa shape index (κ3) is 8.84. The molecular weight excluding hydrogens is 488 g/mol. The molecule has 1 aliphatic heterocycles. The first-order valence-corrected chi connectivity index (χ1v) is 15.1. The van der Waals surface area contributed by atoms with Crippen molar-refractivity contribution in [2.45, 2.75) is 82.8 Å². The van der Waals surface area contributed by atoms with E-state index in [1.807, 2.05) is 22.9 Å². The lowest BCUT2D eigenvalue weighted by Gasteiger charge is -2.25. The fourth-order valence-electron chi connectivity index (χ4n) is 5.61. The molecule has 2 aromatic heterocycles. The fraction of sp³-hybridized carbons (Fsp3) is 0.655. The van der Waals surface area contributed by atoms with Gasteiger partial charge >= 0.3 is 0 Å². The predicted molar refractivity (Wildman–Crippen MR) is 158 cm³/mol. The van der Waals surface area contributed by atoms with E-state index in [9.17, 15) is 0 Å². The Kier molecular flexibility index (Phi) is 10.7. The largest absolute Gasteiger partial charge is 0.367 e. The van der Waals surface area contributed by atoms with Gasteiger partial charge in [-0.1, -0.05) is 36.6 Å². The molecule has 0 bridgehead atoms. The van der Waals surface area contributed by atoms with Gasteiger partial charge < -0.3 is 26.6 Å². The van der Waals surface area contributed by atoms with Gasteiger partial charge in [-0.3, -0.25) is 4.68 Å². The highest BCUT2D eigenvalue weighted by Crippen LogP contribution is 2.24. The Morgan fingerprint density at radius 3 is 2.62 bits per heavy atom. The van der Waals surface area contributed by atoms with Crippen LogP contribution in [0, 0.1) is 0 Å². The Morgan fingerprint density at radius 1 is 0.872 bits per heavy atom. The number of piperidine rings is 1. The number of para-hydroxylation sites is 1. The van der Waals surface area contributed by atoms with Crippen LogP contribution in [0.25, 0.3) is 10.9 Å². The van der Waals surface area contributed by atoms with E-state index in [0.29, 0.717) is 18.5 Å². The molecule has 10 heteroatoms. The van der Waals surface area contributed by atoms with Gasteiger partial charge in [-0.05, 0) is 83.4 Å². The van der Waals surface area contributed by atoms with Crippen molar-refractivity contribution >= 4 is 22.7 Å². The van der Waals surface area contributed by atoms with Crippen molar-refractivity contribution in [3.05, 3.63) is 36.2 Å². The molecule has 1 saturated heterocycles. The van der Waals surface area contributed by atoms with E-state index < -0.39 is 0 Å². The molecule has 0 unspecified atom stereocenters. The third-order valence-corrected chi connectivity index (χ3v) is 7.84. The molecule has 5 N–H and O–H groups in total. The molecule has 0 amide bonds. The lowest BCUT2D eigenvalue weighted by molar-refractivity contribution is 0.371. The fourth-order valence-corrected chi connectivity index (χ4v) is 5.61. The van der Waals surface area contributed by atoms with Crippen LogP contribution in [0.4, 0.5) is 11.8 Å². The number of nitrogens with zero attached hydrogens (tertiary/aromatic N) is 5. The zero-order valence-corrected chi connectivity index (χ0v) is 23.3. The number of aryl methyl sites for hydroxylation is 1. The van der Waals surface area contributed by atoms with E-state index in [-0.39, 0.29) is 0 Å². The SMILES string of the molecule is c1ccc2c(NC3CCNCC3)nc(NCCc3cn(CCCNCCCNC4CCCCC4)nn3)nc2c1. The summed E-state index contributed by atoms with van der Waals surface area (Å²) in [5.41, 5.74) is 1.93. The Hall–Kier alpha value is -2.82. The van der Waals surface area contributed by atoms with Crippen molar-refractivity contribution in [3.8, 4) is 0 Å². The van der Waals surface area contributed by atoms with Gasteiger partial charge in [-0.2, -0.15) is 4.98 Å². The molecule has 0 radical (unpaired) electrons. The van der Waals surface area contributed by atoms with Gasteiger partial charge in [0.1, 0.15) is 5.82 Å². The van der Waals surface area contributed by atoms with Crippen LogP contribution in [0.2, 0.25) is 0 Å². The monoisotopic (exact) mass is 534 g/mol. The maximum Gasteiger partial charge on any atom is 0.225 e. The van der Waals surface area contributed by atoms with E-state index in [4.69, 9.17) is 9.97 Å². The smallest absolute Gasteiger partial charge is 0.225 e. The van der Waals surface area contributed by atoms with E-state index >= 15 is 0 Å². The van der Waals surface area contributed by atoms with Crippen LogP contribution in [0.5, 0.6) is 0 Å². The Balaban J connectivity index is 0.997. The van der Waals surface area contributed by atoms with Crippen molar-refractivity contribution < 1.29 is 0 Å². The quantitative estimate of drug-likeness (QED) is 0.187. The number of benzene rings is 1. The average Bonchev–Trinajstić information content (AvgIpc) is 3.43. The van der Waals surface area contributed by atoms with Gasteiger partial charge in [-0.15, -0.1) is 5.10 Å². The molecule has 2 fully saturated rings. The molecule has 3 aromatic rings. The minimum Gasteiger partial charge on any atom is -0.367 e. The highest BCUT2D eigenvalue weighted by Gasteiger charge is 2.16. The molecule has 0 spiro atoms. The van der Waals surface area contributed by atoms with Crippen LogP contribution in [-0.4, -0.2) is 76.3 Å². The van der Waals surface area contributed by atoms with E-state index in [2.05, 4.69) is 49.2 Å². The van der Waals surface area contributed by atoms with Crippen LogP contribution < -0.4 is 26.6 Å². The molecule has 0 atom stereocenters. The summed E-state index contributed by atoms with van der Waals surface area (Å²) in [6, 6.07) is 9.40. The molecular formula is C29H46N10. The zero-order valence-electron chi connectivity index (χ0n) is 23.3. The number of rotatable bonds is 15. The van der Waals surface area contributed by atoms with E-state index in [0.717, 1.165) is 93.4 Å². The second-order valence-electron chi connectivity index (χ2n) is 11.0. The molecule has 1 aliphatic carbocycles. The second kappa shape index (κ2) is 15.1. The summed E-state index contributed by atoms with van der Waals surface area (Å²) in [5, 5.41) is 27.5. The molecule has 2 aliphatic rings. The summed E-state index contributed by atoms with van der Waals surface area (Å²) in [7, 11) is 0. The zero-order chi connectivity index (χ0) is 26.5. The average molecular weight is 535 g/mol. The number of fused-ring (bicyclic) bond motifs is 1. The first kappa shape index (κ1) is 27.7. The van der Waals surface area contributed by atoms with E-state index in [1.54, 1.807) is 0 Å². The summed E-state index contributed by atoms with van der Waals surface area (Å²) in [5.74, 6) is 1.56. The Morgan fingerprint density at radius 2 is 1.72 bits per heavy atom. The van der Waals surface area contributed by atoms with Crippen LogP contribution in [-0.2, 0) is 13.0 Å². The number of aromatic nitrogens is 5. The van der Waals surface area contributed by atoms with Crippen LogP contribution in [0.1, 0.15) is 63.5 Å². The minimum atomic E-state index is 0.436. The summed E-state index contributed by atoms with van der Waals surface area (Å²) in [4.78, 5) is 9.56. The first-order chi connectivity index (χ1) is 19.3. The first-order valence-electron chi connectivity index (χ1n) is 15.1. The molecule has 212 valence electrons. The van der Waals surface area contributed by atoms with Gasteiger partial charge in [0.25, 0.3) is 0 Å². The Labute approximate surface area is 232 Å². The van der Waals surface area contributed by atoms with Crippen LogP contribution in [0.3, 0.4) is 0 Å². The van der Waals surface area contributed by atoms with Crippen molar-refractivity contribution in [2.75, 3.05) is 49.9 Å². The summed E-state index contributed by atoms with van der Waals surface area (Å²) in [6.07, 6.45) is 14.2. The molecule has 1 aromatic carbocycles. The number of hydrogen-bond donors (Lipinski definition) is 5. The van der Waals surface area contributed by atoms with Crippen molar-refractivity contribution in [1.29, 1.82) is 0 Å². The highest BCUT2D eigenvalue weighted by molar-refractivity contribution is 5.90. The number of nitrogens with one attached hydrogen (secondary N) is 5. The highest BCUT2D eigenvalue weighted by atomic mass is 15.4. The summed E-state index contributed by atoms with van der Waals surface area (Å²) in [6.45, 7) is 6.88. The number of anilines is 2. The molecule has 1 saturated carbocycles. The van der Waals surface area contributed by atoms with Gasteiger partial charge in [0.2, 0.25) is 5.95 Å². The van der Waals surface area contributed by atoms with Crippen LogP contribution in [0.15, 0.2) is 30.5 Å². The summed E-state index contributed by atoms with van der Waals surface area (Å²) < 4.78 is 1.95. The van der Waals surface area contributed by atoms with E-state index in [1.165, 1.54) is 38.5 Å². The van der Waals surface area contributed by atoms with Crippen molar-refractivity contribution in [2.24, 2.45) is 0 Å². The topological polar surface area (TPSA) is 117 Å². The van der Waals surface area contributed by atoms with Gasteiger partial charge in [-0.25, -0.2) is 4.98 Å². The lowest BCUT2D eigenvalue weighted by Crippen LogP contribution is -2.35. The maximum atomic E-state index is 4.83. The number of hydrogen-bond acceptors (Lipinski definition) is 9. The second-order valence-corrected chi connectivity index (χ2v) is 11.0. The standard InChI is InChI=1S/C29H46N10/c1-2-8-23(9-3-1)32-17-6-15-30-16-7-21-39-22-25(37-38-39)14-20-33-29-35-27-11-5-4-10-26(27)28(36-29)34-24-12-18-31-19-13-24/h4-5,10-11,22-24,30-32H,1-3,6-9,12-21H2,(H2,33,34,35,36). The summed E-state index contributed by atoms with van der Waals surface area (Å²) >= 11 is 0. The van der Waals surface area contributed by atoms with Crippen molar-refractivity contribution in [3.63, 3.8) is 0 Å². The van der Waals surface area contributed by atoms with Gasteiger partial charge in [0, 0.05) is 43.2 Å². The lowest BCUT2D eigenvalue weighted by atomic mass is 9.95. The van der Waals surface area contributed by atoms with Gasteiger partial charge in [0.15, 0.2) is 0 Å². The minimum absolute atomic E-state index is 0.436. The Bertz CT molecular complexity index is 1120. The molecule has 3 heterocycles. The van der Waals surface area contributed by atoms with Gasteiger partial charge in [0.05, 0.1) is 11.2 Å². The normalized spacial score (nSPS) is 17.0. The third-order valence-electron chi connectivity index (χ3n) is 7.84. The molecule has 39 heavy (non-hydrogen) atoms. The predicted octanol–water partition coefficient (Wildman–Crippen LogP) is 3.33. The molecule has 10 nitrogen and oxygen atoms in total. The molecule has 5 rings (SSSR count). The maximum absolute atomic E-state index is 4.83. The van der Waals surface area contributed by atoms with Crippen molar-refractivity contribution in [1.82, 2.24) is 40.9 Å².